The fourth-order valence-electron chi connectivity index (χ4n) is 6.03. The number of carbonyl (C=O) groups is 3. The van der Waals surface area contributed by atoms with Gasteiger partial charge >= 0.3 is 0 Å². The lowest BCUT2D eigenvalue weighted by atomic mass is 9.75. The number of imide groups is 1. The average molecular weight is 402 g/mol. The van der Waals surface area contributed by atoms with E-state index in [1.807, 2.05) is 26.0 Å². The van der Waals surface area contributed by atoms with E-state index < -0.39 is 17.4 Å². The van der Waals surface area contributed by atoms with Gasteiger partial charge < -0.3 is 5.32 Å². The minimum absolute atomic E-state index is 0.0657. The van der Waals surface area contributed by atoms with Crippen molar-refractivity contribution in [2.45, 2.75) is 51.1 Å². The molecule has 4 aliphatic rings. The van der Waals surface area contributed by atoms with Crippen LogP contribution in [-0.4, -0.2) is 46.7 Å². The molecular weight excluding hydrogens is 378 g/mol. The van der Waals surface area contributed by atoms with Crippen LogP contribution >= 0.6 is 11.6 Å². The van der Waals surface area contributed by atoms with Crippen LogP contribution in [0.1, 0.15) is 43.7 Å². The first-order chi connectivity index (χ1) is 13.4. The van der Waals surface area contributed by atoms with Gasteiger partial charge in [-0.25, -0.2) is 0 Å². The van der Waals surface area contributed by atoms with Gasteiger partial charge in [0, 0.05) is 28.9 Å². The smallest absolute Gasteiger partial charge is 0.250 e. The summed E-state index contributed by atoms with van der Waals surface area (Å²) in [6.45, 7) is 5.10. The second-order valence-corrected chi connectivity index (χ2v) is 8.89. The molecule has 5 rings (SSSR count). The molecule has 3 saturated heterocycles. The highest BCUT2D eigenvalue weighted by Crippen LogP contribution is 2.60. The van der Waals surface area contributed by atoms with Crippen LogP contribution in [0.4, 0.5) is 5.69 Å². The van der Waals surface area contributed by atoms with E-state index in [9.17, 15) is 14.4 Å². The van der Waals surface area contributed by atoms with Crippen LogP contribution in [0.5, 0.6) is 0 Å². The third-order valence-electron chi connectivity index (χ3n) is 7.09. The van der Waals surface area contributed by atoms with Crippen molar-refractivity contribution in [2.24, 2.45) is 11.8 Å². The summed E-state index contributed by atoms with van der Waals surface area (Å²) in [6.07, 6.45) is 3.46. The highest BCUT2D eigenvalue weighted by Gasteiger charge is 2.74. The molecule has 0 saturated carbocycles. The number of rotatable bonds is 3. The van der Waals surface area contributed by atoms with Crippen LogP contribution in [0, 0.1) is 18.8 Å². The molecule has 3 amide bonds. The Morgan fingerprint density at radius 2 is 2.04 bits per heavy atom. The Labute approximate surface area is 169 Å². The summed E-state index contributed by atoms with van der Waals surface area (Å²) in [6, 6.07) is 3.57. The molecule has 28 heavy (non-hydrogen) atoms. The van der Waals surface area contributed by atoms with Crippen LogP contribution in [0.15, 0.2) is 12.1 Å². The van der Waals surface area contributed by atoms with Gasteiger partial charge in [-0.05, 0) is 50.4 Å². The predicted octanol–water partition coefficient (Wildman–Crippen LogP) is 2.68. The molecule has 1 aromatic carbocycles. The maximum absolute atomic E-state index is 13.5. The Hall–Kier alpha value is -1.92. The van der Waals surface area contributed by atoms with Crippen molar-refractivity contribution in [3.8, 4) is 0 Å². The number of benzene rings is 1. The molecule has 6 nitrogen and oxygen atoms in total. The number of aryl methyl sites for hydroxylation is 1. The average Bonchev–Trinajstić information content (AvgIpc) is 3.34. The minimum Gasteiger partial charge on any atom is -0.324 e. The summed E-state index contributed by atoms with van der Waals surface area (Å²) < 4.78 is 0. The zero-order chi connectivity index (χ0) is 19.8. The number of anilines is 1. The van der Waals surface area contributed by atoms with Gasteiger partial charge in [0.2, 0.25) is 17.7 Å². The van der Waals surface area contributed by atoms with Crippen LogP contribution in [0.3, 0.4) is 0 Å². The topological polar surface area (TPSA) is 69.7 Å². The lowest BCUT2D eigenvalue weighted by molar-refractivity contribution is -0.145. The molecule has 4 aliphatic heterocycles. The van der Waals surface area contributed by atoms with Crippen molar-refractivity contribution in [3.63, 3.8) is 0 Å². The van der Waals surface area contributed by atoms with E-state index in [2.05, 4.69) is 10.2 Å². The molecule has 4 unspecified atom stereocenters. The van der Waals surface area contributed by atoms with Crippen molar-refractivity contribution in [2.75, 3.05) is 18.4 Å². The van der Waals surface area contributed by atoms with Gasteiger partial charge in [0.1, 0.15) is 5.54 Å². The lowest BCUT2D eigenvalue weighted by Gasteiger charge is -2.36. The molecule has 0 radical (unpaired) electrons. The third kappa shape index (κ3) is 2.00. The molecular formula is C21H24ClN3O3. The van der Waals surface area contributed by atoms with Crippen LogP contribution in [-0.2, 0) is 19.9 Å². The third-order valence-corrected chi connectivity index (χ3v) is 7.31. The largest absolute Gasteiger partial charge is 0.324 e. The van der Waals surface area contributed by atoms with Crippen molar-refractivity contribution in [1.82, 2.24) is 9.80 Å². The number of hydrogen-bond acceptors (Lipinski definition) is 4. The van der Waals surface area contributed by atoms with Gasteiger partial charge in [0.25, 0.3) is 0 Å². The van der Waals surface area contributed by atoms with Gasteiger partial charge in [0.05, 0.1) is 11.8 Å². The Morgan fingerprint density at radius 1 is 1.25 bits per heavy atom. The molecule has 1 aromatic rings. The number of likely N-dealkylation sites (tertiary alicyclic amines) is 1. The maximum Gasteiger partial charge on any atom is 0.250 e. The standard InChI is InChI=1S/C21H24ClN3O3/c1-3-4-7-24-18(26)15-14-6-5-8-25(14)21(16(15)19(24)27)13-10-12(22)9-11(2)17(13)23-20(21)28/h9-10,14-16H,3-8H2,1-2H3,(H,23,28). The second-order valence-electron chi connectivity index (χ2n) is 8.45. The maximum atomic E-state index is 13.5. The summed E-state index contributed by atoms with van der Waals surface area (Å²) >= 11 is 6.37. The molecule has 4 heterocycles. The monoisotopic (exact) mass is 401 g/mol. The number of unbranched alkanes of at least 4 members (excludes halogenated alkanes) is 1. The summed E-state index contributed by atoms with van der Waals surface area (Å²) in [5.74, 6) is -1.59. The van der Waals surface area contributed by atoms with Crippen LogP contribution < -0.4 is 5.32 Å². The van der Waals surface area contributed by atoms with Crippen LogP contribution in [0.2, 0.25) is 5.02 Å². The molecule has 148 valence electrons. The number of fused-ring (bicyclic) bond motifs is 7. The highest BCUT2D eigenvalue weighted by atomic mass is 35.5. The number of amides is 3. The molecule has 0 aromatic heterocycles. The van der Waals surface area contributed by atoms with E-state index in [1.165, 1.54) is 4.90 Å². The SMILES string of the molecule is CCCCN1C(=O)C2C3CCCN3C3(C(=O)Nc4c(C)cc(Cl)cc43)C2C1=O. The Morgan fingerprint density at radius 3 is 2.79 bits per heavy atom. The Kier molecular flexibility index (Phi) is 3.91. The summed E-state index contributed by atoms with van der Waals surface area (Å²) in [7, 11) is 0. The molecule has 0 bridgehead atoms. The summed E-state index contributed by atoms with van der Waals surface area (Å²) in [4.78, 5) is 43.8. The quantitative estimate of drug-likeness (QED) is 0.790. The van der Waals surface area contributed by atoms with E-state index in [1.54, 1.807) is 0 Å². The van der Waals surface area contributed by atoms with Gasteiger partial charge in [-0.2, -0.15) is 0 Å². The minimum atomic E-state index is -1.12. The number of hydrogen-bond donors (Lipinski definition) is 1. The second kappa shape index (κ2) is 6.04. The van der Waals surface area contributed by atoms with E-state index in [4.69, 9.17) is 11.6 Å². The van der Waals surface area contributed by atoms with Gasteiger partial charge in [-0.3, -0.25) is 24.2 Å². The van der Waals surface area contributed by atoms with E-state index >= 15 is 0 Å². The number of nitrogens with one attached hydrogen (secondary N) is 1. The molecule has 1 N–H and O–H groups in total. The number of halogens is 1. The fraction of sp³-hybridized carbons (Fsp3) is 0.571. The molecule has 4 atom stereocenters. The van der Waals surface area contributed by atoms with E-state index in [0.29, 0.717) is 18.1 Å². The van der Waals surface area contributed by atoms with Crippen molar-refractivity contribution in [1.29, 1.82) is 0 Å². The fourth-order valence-corrected chi connectivity index (χ4v) is 6.30. The van der Waals surface area contributed by atoms with Crippen molar-refractivity contribution in [3.05, 3.63) is 28.3 Å². The molecule has 1 spiro atoms. The number of carbonyl (C=O) groups excluding carboxylic acids is 3. The lowest BCUT2D eigenvalue weighted by Crippen LogP contribution is -2.54. The van der Waals surface area contributed by atoms with E-state index in [-0.39, 0.29) is 23.8 Å². The van der Waals surface area contributed by atoms with Crippen molar-refractivity contribution >= 4 is 35.0 Å². The number of nitrogens with zero attached hydrogens (tertiary/aromatic N) is 2. The summed E-state index contributed by atoms with van der Waals surface area (Å²) in [5, 5.41) is 3.57. The van der Waals surface area contributed by atoms with Gasteiger partial charge in [-0.15, -0.1) is 0 Å². The normalized spacial score (nSPS) is 33.6. The van der Waals surface area contributed by atoms with Gasteiger partial charge in [-0.1, -0.05) is 24.9 Å². The summed E-state index contributed by atoms with van der Waals surface area (Å²) in [5.41, 5.74) is 1.27. The zero-order valence-corrected chi connectivity index (χ0v) is 16.9. The zero-order valence-electron chi connectivity index (χ0n) is 16.1. The highest BCUT2D eigenvalue weighted by molar-refractivity contribution is 6.31. The van der Waals surface area contributed by atoms with Gasteiger partial charge in [0.15, 0.2) is 0 Å². The van der Waals surface area contributed by atoms with Crippen LogP contribution in [0.25, 0.3) is 0 Å². The Balaban J connectivity index is 1.71. The first-order valence-electron chi connectivity index (χ1n) is 10.2. The first-order valence-corrected chi connectivity index (χ1v) is 10.5. The predicted molar refractivity (Wildman–Crippen MR) is 105 cm³/mol. The molecule has 7 heteroatoms. The molecule has 0 aliphatic carbocycles. The first kappa shape index (κ1) is 18.1. The van der Waals surface area contributed by atoms with Crippen molar-refractivity contribution < 1.29 is 14.4 Å². The Bertz CT molecular complexity index is 916. The van der Waals surface area contributed by atoms with E-state index in [0.717, 1.165) is 42.5 Å². The molecule has 3 fully saturated rings.